The topological polar surface area (TPSA) is 88.0 Å². The molecule has 0 bridgehead atoms. The lowest BCUT2D eigenvalue weighted by Crippen LogP contribution is -2.23. The summed E-state index contributed by atoms with van der Waals surface area (Å²) in [6, 6.07) is 14.6. The molecule has 0 spiro atoms. The van der Waals surface area contributed by atoms with Gasteiger partial charge in [-0.2, -0.15) is 9.36 Å². The van der Waals surface area contributed by atoms with Crippen molar-refractivity contribution >= 4 is 11.1 Å². The number of aromatic nitrogens is 5. The Morgan fingerprint density at radius 3 is 2.60 bits per heavy atom. The summed E-state index contributed by atoms with van der Waals surface area (Å²) in [6.45, 7) is 2.54. The maximum atomic E-state index is 12.0. The van der Waals surface area contributed by atoms with Crippen LogP contribution in [0.2, 0.25) is 0 Å². The summed E-state index contributed by atoms with van der Waals surface area (Å²) < 4.78 is 13.8. The fraction of sp³-hybridized carbons (Fsp3) is 0.176. The first-order chi connectivity index (χ1) is 12.2. The van der Waals surface area contributed by atoms with E-state index < -0.39 is 0 Å². The SMILES string of the molecule is CCn1nnn(-c2ccc(OCc3nc4ccccc4o3)cc2)c1=O. The Hall–Kier alpha value is -3.42. The van der Waals surface area contributed by atoms with Gasteiger partial charge in [-0.15, -0.1) is 0 Å². The van der Waals surface area contributed by atoms with Gasteiger partial charge >= 0.3 is 5.69 Å². The lowest BCUT2D eigenvalue weighted by molar-refractivity contribution is 0.267. The van der Waals surface area contributed by atoms with Crippen LogP contribution in [0.1, 0.15) is 12.8 Å². The van der Waals surface area contributed by atoms with Gasteiger partial charge in [0.05, 0.1) is 5.69 Å². The van der Waals surface area contributed by atoms with Crippen molar-refractivity contribution in [2.24, 2.45) is 0 Å². The molecule has 0 fully saturated rings. The van der Waals surface area contributed by atoms with Gasteiger partial charge in [0.1, 0.15) is 11.3 Å². The second kappa shape index (κ2) is 6.23. The van der Waals surface area contributed by atoms with E-state index in [1.165, 1.54) is 9.36 Å². The Kier molecular flexibility index (Phi) is 3.77. The predicted molar refractivity (Wildman–Crippen MR) is 89.6 cm³/mol. The summed E-state index contributed by atoms with van der Waals surface area (Å²) in [5.41, 5.74) is 1.88. The Morgan fingerprint density at radius 1 is 1.08 bits per heavy atom. The van der Waals surface area contributed by atoms with Gasteiger partial charge in [0.25, 0.3) is 0 Å². The summed E-state index contributed by atoms with van der Waals surface area (Å²) in [4.78, 5) is 16.4. The van der Waals surface area contributed by atoms with Gasteiger partial charge in [-0.1, -0.05) is 12.1 Å². The van der Waals surface area contributed by atoms with E-state index in [1.807, 2.05) is 31.2 Å². The van der Waals surface area contributed by atoms with Gasteiger partial charge in [-0.25, -0.2) is 9.78 Å². The minimum atomic E-state index is -0.275. The molecule has 2 aromatic carbocycles. The highest BCUT2D eigenvalue weighted by molar-refractivity contribution is 5.72. The number of fused-ring (bicyclic) bond motifs is 1. The van der Waals surface area contributed by atoms with Gasteiger partial charge in [-0.05, 0) is 53.7 Å². The van der Waals surface area contributed by atoms with E-state index in [1.54, 1.807) is 24.3 Å². The smallest absolute Gasteiger partial charge is 0.368 e. The second-order valence-electron chi connectivity index (χ2n) is 5.35. The van der Waals surface area contributed by atoms with Crippen LogP contribution in [0.25, 0.3) is 16.8 Å². The standard InChI is InChI=1S/C17H15N5O3/c1-2-21-17(23)22(20-19-21)12-7-9-13(10-8-12)24-11-16-18-14-5-3-4-6-15(14)25-16/h3-10H,2,11H2,1H3. The quantitative estimate of drug-likeness (QED) is 0.554. The van der Waals surface area contributed by atoms with Crippen molar-refractivity contribution in [3.05, 3.63) is 64.9 Å². The van der Waals surface area contributed by atoms with E-state index in [0.29, 0.717) is 23.9 Å². The van der Waals surface area contributed by atoms with Crippen LogP contribution in [-0.2, 0) is 13.2 Å². The fourth-order valence-corrected chi connectivity index (χ4v) is 2.45. The van der Waals surface area contributed by atoms with Gasteiger partial charge in [0.15, 0.2) is 12.2 Å². The zero-order chi connectivity index (χ0) is 17.2. The van der Waals surface area contributed by atoms with Gasteiger partial charge in [0.2, 0.25) is 5.89 Å². The lowest BCUT2D eigenvalue weighted by Gasteiger charge is -2.04. The number of hydrogen-bond donors (Lipinski definition) is 0. The largest absolute Gasteiger partial charge is 0.484 e. The number of rotatable bonds is 5. The highest BCUT2D eigenvalue weighted by atomic mass is 16.5. The van der Waals surface area contributed by atoms with E-state index in [-0.39, 0.29) is 12.3 Å². The Bertz CT molecular complexity index is 1030. The molecular weight excluding hydrogens is 322 g/mol. The van der Waals surface area contributed by atoms with Crippen molar-refractivity contribution in [3.63, 3.8) is 0 Å². The van der Waals surface area contributed by atoms with E-state index >= 15 is 0 Å². The van der Waals surface area contributed by atoms with Crippen LogP contribution in [0.5, 0.6) is 5.75 Å². The molecule has 0 saturated carbocycles. The number of hydrogen-bond acceptors (Lipinski definition) is 6. The van der Waals surface area contributed by atoms with Gasteiger partial charge in [-0.3, -0.25) is 0 Å². The molecule has 0 aliphatic heterocycles. The maximum Gasteiger partial charge on any atom is 0.368 e. The predicted octanol–water partition coefficient (Wildman–Crippen LogP) is 2.17. The highest BCUT2D eigenvalue weighted by Crippen LogP contribution is 2.18. The summed E-state index contributed by atoms with van der Waals surface area (Å²) in [5, 5.41) is 7.65. The van der Waals surface area contributed by atoms with Crippen molar-refractivity contribution in [2.45, 2.75) is 20.1 Å². The number of ether oxygens (including phenoxy) is 1. The first-order valence-electron chi connectivity index (χ1n) is 7.85. The Labute approximate surface area is 142 Å². The van der Waals surface area contributed by atoms with Crippen molar-refractivity contribution < 1.29 is 9.15 Å². The van der Waals surface area contributed by atoms with Crippen LogP contribution in [0, 0.1) is 0 Å². The molecule has 0 atom stereocenters. The molecule has 126 valence electrons. The molecule has 4 rings (SSSR count). The van der Waals surface area contributed by atoms with Crippen LogP contribution in [0.3, 0.4) is 0 Å². The second-order valence-corrected chi connectivity index (χ2v) is 5.35. The van der Waals surface area contributed by atoms with Crippen molar-refractivity contribution in [3.8, 4) is 11.4 Å². The summed E-state index contributed by atoms with van der Waals surface area (Å²) in [7, 11) is 0. The molecule has 8 heteroatoms. The molecule has 0 N–H and O–H groups in total. The zero-order valence-electron chi connectivity index (χ0n) is 13.5. The molecule has 0 aliphatic rings. The summed E-state index contributed by atoms with van der Waals surface area (Å²) >= 11 is 0. The molecule has 2 aromatic heterocycles. The van der Waals surface area contributed by atoms with Gasteiger partial charge in [0, 0.05) is 6.54 Å². The van der Waals surface area contributed by atoms with Crippen molar-refractivity contribution in [1.29, 1.82) is 0 Å². The number of aryl methyl sites for hydroxylation is 1. The van der Waals surface area contributed by atoms with Crippen LogP contribution in [0.4, 0.5) is 0 Å². The third-order valence-electron chi connectivity index (χ3n) is 3.72. The fourth-order valence-electron chi connectivity index (χ4n) is 2.45. The van der Waals surface area contributed by atoms with Gasteiger partial charge < -0.3 is 9.15 Å². The third kappa shape index (κ3) is 2.89. The Balaban J connectivity index is 1.48. The normalized spacial score (nSPS) is 11.1. The minimum Gasteiger partial charge on any atom is -0.484 e. The maximum absolute atomic E-state index is 12.0. The van der Waals surface area contributed by atoms with Crippen molar-refractivity contribution in [1.82, 2.24) is 24.8 Å². The van der Waals surface area contributed by atoms with E-state index in [4.69, 9.17) is 9.15 Å². The van der Waals surface area contributed by atoms with Crippen molar-refractivity contribution in [2.75, 3.05) is 0 Å². The van der Waals surface area contributed by atoms with Crippen LogP contribution in [-0.4, -0.2) is 24.8 Å². The number of para-hydroxylation sites is 2. The molecule has 0 radical (unpaired) electrons. The number of nitrogens with zero attached hydrogens (tertiary/aromatic N) is 5. The number of benzene rings is 2. The molecule has 2 heterocycles. The summed E-state index contributed by atoms with van der Waals surface area (Å²) in [5.74, 6) is 1.15. The highest BCUT2D eigenvalue weighted by Gasteiger charge is 2.09. The number of tetrazole rings is 1. The van der Waals surface area contributed by atoms with Crippen LogP contribution >= 0.6 is 0 Å². The molecular formula is C17H15N5O3. The van der Waals surface area contributed by atoms with E-state index in [9.17, 15) is 4.79 Å². The van der Waals surface area contributed by atoms with E-state index in [2.05, 4.69) is 15.4 Å². The molecule has 25 heavy (non-hydrogen) atoms. The first-order valence-corrected chi connectivity index (χ1v) is 7.85. The van der Waals surface area contributed by atoms with Crippen LogP contribution in [0.15, 0.2) is 57.7 Å². The molecule has 0 aliphatic carbocycles. The lowest BCUT2D eigenvalue weighted by atomic mass is 10.3. The average molecular weight is 337 g/mol. The van der Waals surface area contributed by atoms with Crippen LogP contribution < -0.4 is 10.4 Å². The number of oxazole rings is 1. The third-order valence-corrected chi connectivity index (χ3v) is 3.72. The monoisotopic (exact) mass is 337 g/mol. The molecule has 0 amide bonds. The molecule has 0 unspecified atom stereocenters. The molecule has 4 aromatic rings. The summed E-state index contributed by atoms with van der Waals surface area (Å²) in [6.07, 6.45) is 0. The molecule has 0 saturated heterocycles. The van der Waals surface area contributed by atoms with E-state index in [0.717, 1.165) is 11.1 Å². The minimum absolute atomic E-state index is 0.222. The molecule has 8 nitrogen and oxygen atoms in total. The Morgan fingerprint density at radius 2 is 1.88 bits per heavy atom. The zero-order valence-corrected chi connectivity index (χ0v) is 13.5. The average Bonchev–Trinajstić information content (AvgIpc) is 3.23. The first kappa shape index (κ1) is 15.1.